The number of hydrogen-bond acceptors (Lipinski definition) is 2. The van der Waals surface area contributed by atoms with Gasteiger partial charge in [0, 0.05) is 23.8 Å². The molecule has 0 fully saturated rings. The Morgan fingerprint density at radius 1 is 1.44 bits per heavy atom. The van der Waals surface area contributed by atoms with Gasteiger partial charge in [-0.2, -0.15) is 0 Å². The highest BCUT2D eigenvalue weighted by molar-refractivity contribution is 9.10. The van der Waals surface area contributed by atoms with Crippen LogP contribution in [0, 0.1) is 0 Å². The van der Waals surface area contributed by atoms with Crippen LogP contribution in [0.1, 0.15) is 30.1 Å². The van der Waals surface area contributed by atoms with Crippen molar-refractivity contribution in [1.82, 2.24) is 0 Å². The van der Waals surface area contributed by atoms with Gasteiger partial charge in [0.1, 0.15) is 0 Å². The van der Waals surface area contributed by atoms with E-state index in [4.69, 9.17) is 5.11 Å². The summed E-state index contributed by atoms with van der Waals surface area (Å²) < 4.78 is 0.797. The summed E-state index contributed by atoms with van der Waals surface area (Å²) in [6.45, 7) is 3.07. The zero-order valence-electron chi connectivity index (χ0n) is 9.53. The monoisotopic (exact) mass is 285 g/mol. The maximum absolute atomic E-state index is 10.9. The van der Waals surface area contributed by atoms with Crippen molar-refractivity contribution in [3.8, 4) is 0 Å². The summed E-state index contributed by atoms with van der Waals surface area (Å²) in [6, 6.07) is 5.24. The van der Waals surface area contributed by atoms with Gasteiger partial charge in [0.05, 0.1) is 5.56 Å². The molecule has 0 bridgehead atoms. The van der Waals surface area contributed by atoms with Crippen LogP contribution >= 0.6 is 15.9 Å². The Morgan fingerprint density at radius 2 is 2.12 bits per heavy atom. The molecule has 3 nitrogen and oxygen atoms in total. The topological polar surface area (TPSA) is 40.5 Å². The molecule has 0 amide bonds. The fourth-order valence-corrected chi connectivity index (χ4v) is 1.92. The van der Waals surface area contributed by atoms with Gasteiger partial charge in [-0.3, -0.25) is 0 Å². The van der Waals surface area contributed by atoms with Crippen molar-refractivity contribution in [2.75, 3.05) is 18.5 Å². The van der Waals surface area contributed by atoms with Crippen LogP contribution in [0.4, 0.5) is 5.69 Å². The molecule has 0 heterocycles. The van der Waals surface area contributed by atoms with Crippen LogP contribution in [0.5, 0.6) is 0 Å². The molecule has 0 radical (unpaired) electrons. The van der Waals surface area contributed by atoms with Crippen LogP contribution in [0.15, 0.2) is 22.7 Å². The summed E-state index contributed by atoms with van der Waals surface area (Å²) in [4.78, 5) is 13.0. The summed E-state index contributed by atoms with van der Waals surface area (Å²) >= 11 is 3.33. The van der Waals surface area contributed by atoms with E-state index < -0.39 is 5.97 Å². The lowest BCUT2D eigenvalue weighted by Crippen LogP contribution is -2.18. The zero-order valence-corrected chi connectivity index (χ0v) is 11.1. The van der Waals surface area contributed by atoms with E-state index in [0.717, 1.165) is 29.5 Å². The lowest BCUT2D eigenvalue weighted by molar-refractivity contribution is 0.0697. The molecular formula is C12H16BrNO2. The fourth-order valence-electron chi connectivity index (χ4n) is 1.44. The van der Waals surface area contributed by atoms with Gasteiger partial charge in [-0.05, 0) is 24.6 Å². The third-order valence-corrected chi connectivity index (χ3v) is 2.88. The Kier molecular flexibility index (Phi) is 4.80. The first-order chi connectivity index (χ1) is 7.54. The fraction of sp³-hybridized carbons (Fsp3) is 0.417. The third-order valence-electron chi connectivity index (χ3n) is 2.42. The van der Waals surface area contributed by atoms with E-state index in [9.17, 15) is 4.79 Å². The summed E-state index contributed by atoms with van der Waals surface area (Å²) in [6.07, 6.45) is 2.23. The molecule has 0 saturated carbocycles. The predicted octanol–water partition coefficient (Wildman–Crippen LogP) is 3.38. The lowest BCUT2D eigenvalue weighted by atomic mass is 10.2. The van der Waals surface area contributed by atoms with Gasteiger partial charge in [-0.1, -0.05) is 29.3 Å². The smallest absolute Gasteiger partial charge is 0.335 e. The Morgan fingerprint density at radius 3 is 2.69 bits per heavy atom. The maximum atomic E-state index is 10.9. The summed E-state index contributed by atoms with van der Waals surface area (Å²) in [5, 5.41) is 8.95. The minimum absolute atomic E-state index is 0.313. The summed E-state index contributed by atoms with van der Waals surface area (Å²) in [5.41, 5.74) is 1.24. The Labute approximate surface area is 104 Å². The van der Waals surface area contributed by atoms with Gasteiger partial charge in [0.25, 0.3) is 0 Å². The number of unbranched alkanes of at least 4 members (excludes halogenated alkanes) is 1. The molecule has 0 aromatic heterocycles. The molecule has 1 aromatic carbocycles. The quantitative estimate of drug-likeness (QED) is 0.902. The number of carboxylic acids is 1. The van der Waals surface area contributed by atoms with E-state index in [2.05, 4.69) is 27.8 Å². The number of nitrogens with zero attached hydrogens (tertiary/aromatic N) is 1. The predicted molar refractivity (Wildman–Crippen MR) is 69.3 cm³/mol. The second-order valence-corrected chi connectivity index (χ2v) is 4.69. The minimum atomic E-state index is -0.897. The maximum Gasteiger partial charge on any atom is 0.335 e. The normalized spacial score (nSPS) is 10.2. The van der Waals surface area contributed by atoms with Crippen molar-refractivity contribution in [2.24, 2.45) is 0 Å². The van der Waals surface area contributed by atoms with Gasteiger partial charge in [0.2, 0.25) is 0 Å². The van der Waals surface area contributed by atoms with Gasteiger partial charge >= 0.3 is 5.97 Å². The Bertz CT molecular complexity index is 379. The van der Waals surface area contributed by atoms with Crippen LogP contribution in [0.3, 0.4) is 0 Å². The molecule has 0 spiro atoms. The number of carboxylic acid groups (broad SMARTS) is 1. The van der Waals surface area contributed by atoms with Gasteiger partial charge in [0.15, 0.2) is 0 Å². The van der Waals surface area contributed by atoms with E-state index >= 15 is 0 Å². The molecule has 4 heteroatoms. The van der Waals surface area contributed by atoms with Crippen molar-refractivity contribution >= 4 is 27.6 Å². The Hall–Kier alpha value is -1.03. The molecule has 0 atom stereocenters. The molecule has 0 saturated heterocycles. The average molecular weight is 286 g/mol. The molecule has 16 heavy (non-hydrogen) atoms. The molecule has 1 rings (SSSR count). The lowest BCUT2D eigenvalue weighted by Gasteiger charge is -2.19. The van der Waals surface area contributed by atoms with Crippen molar-refractivity contribution in [1.29, 1.82) is 0 Å². The zero-order chi connectivity index (χ0) is 12.1. The first kappa shape index (κ1) is 13.0. The van der Waals surface area contributed by atoms with E-state index in [-0.39, 0.29) is 0 Å². The molecule has 1 aromatic rings. The van der Waals surface area contributed by atoms with Gasteiger partial charge in [-0.25, -0.2) is 4.79 Å². The average Bonchev–Trinajstić information content (AvgIpc) is 2.24. The molecule has 0 aliphatic rings. The summed E-state index contributed by atoms with van der Waals surface area (Å²) in [5.74, 6) is -0.897. The molecular weight excluding hydrogens is 270 g/mol. The van der Waals surface area contributed by atoms with Crippen LogP contribution < -0.4 is 4.90 Å². The van der Waals surface area contributed by atoms with Crippen LogP contribution in [-0.2, 0) is 0 Å². The second kappa shape index (κ2) is 5.89. The van der Waals surface area contributed by atoms with Crippen LogP contribution in [0.25, 0.3) is 0 Å². The first-order valence-corrected chi connectivity index (χ1v) is 6.09. The van der Waals surface area contributed by atoms with Crippen molar-refractivity contribution in [3.05, 3.63) is 28.2 Å². The Balaban J connectivity index is 2.91. The van der Waals surface area contributed by atoms with Gasteiger partial charge in [-0.15, -0.1) is 0 Å². The van der Waals surface area contributed by atoms with Crippen LogP contribution in [-0.4, -0.2) is 24.7 Å². The van der Waals surface area contributed by atoms with E-state index in [0.29, 0.717) is 5.56 Å². The van der Waals surface area contributed by atoms with Crippen molar-refractivity contribution < 1.29 is 9.90 Å². The van der Waals surface area contributed by atoms with E-state index in [1.807, 2.05) is 13.1 Å². The highest BCUT2D eigenvalue weighted by Gasteiger charge is 2.08. The van der Waals surface area contributed by atoms with Crippen molar-refractivity contribution in [2.45, 2.75) is 19.8 Å². The van der Waals surface area contributed by atoms with Crippen LogP contribution in [0.2, 0.25) is 0 Å². The molecule has 0 aliphatic heterocycles. The number of hydrogen-bond donors (Lipinski definition) is 1. The minimum Gasteiger partial charge on any atom is -0.478 e. The van der Waals surface area contributed by atoms with E-state index in [1.165, 1.54) is 0 Å². The molecule has 1 N–H and O–H groups in total. The summed E-state index contributed by atoms with van der Waals surface area (Å²) in [7, 11) is 1.98. The SMILES string of the molecule is CCCCN(C)c1cc(Br)cc(C(=O)O)c1. The number of carbonyl (C=O) groups is 1. The highest BCUT2D eigenvalue weighted by atomic mass is 79.9. The van der Waals surface area contributed by atoms with Gasteiger partial charge < -0.3 is 10.0 Å². The van der Waals surface area contributed by atoms with E-state index in [1.54, 1.807) is 12.1 Å². The standard InChI is InChI=1S/C12H16BrNO2/c1-3-4-5-14(2)11-7-9(12(15)16)6-10(13)8-11/h6-8H,3-5H2,1-2H3,(H,15,16). The number of halogens is 1. The largest absolute Gasteiger partial charge is 0.478 e. The van der Waals surface area contributed by atoms with Crippen molar-refractivity contribution in [3.63, 3.8) is 0 Å². The second-order valence-electron chi connectivity index (χ2n) is 3.78. The highest BCUT2D eigenvalue weighted by Crippen LogP contribution is 2.22. The first-order valence-electron chi connectivity index (χ1n) is 5.29. The number of anilines is 1. The third kappa shape index (κ3) is 3.52. The molecule has 0 unspecified atom stereocenters. The number of benzene rings is 1. The molecule has 88 valence electrons. The number of aromatic carboxylic acids is 1. The molecule has 0 aliphatic carbocycles. The number of rotatable bonds is 5.